The van der Waals surface area contributed by atoms with Gasteiger partial charge in [-0.3, -0.25) is 4.98 Å². The average Bonchev–Trinajstić information content (AvgIpc) is 3.17. The largest absolute Gasteiger partial charge is 0.506 e. The second kappa shape index (κ2) is 8.05. The highest BCUT2D eigenvalue weighted by molar-refractivity contribution is 7.21. The molecule has 4 aromatic heterocycles. The van der Waals surface area contributed by atoms with Crippen LogP contribution in [0, 0.1) is 6.92 Å². The molecule has 10 heteroatoms. The van der Waals surface area contributed by atoms with Gasteiger partial charge in [-0.2, -0.15) is 4.98 Å². The number of aromatic hydroxyl groups is 1. The molecule has 5 rings (SSSR count). The van der Waals surface area contributed by atoms with Crippen LogP contribution in [0.3, 0.4) is 0 Å². The van der Waals surface area contributed by atoms with Crippen LogP contribution in [0.4, 0.5) is 17.6 Å². The fourth-order valence-electron chi connectivity index (χ4n) is 3.48. The van der Waals surface area contributed by atoms with E-state index in [1.54, 1.807) is 18.5 Å². The van der Waals surface area contributed by atoms with Gasteiger partial charge in [0.2, 0.25) is 5.95 Å². The summed E-state index contributed by atoms with van der Waals surface area (Å²) in [5.41, 5.74) is 2.37. The quantitative estimate of drug-likeness (QED) is 0.501. The van der Waals surface area contributed by atoms with Crippen molar-refractivity contribution in [2.45, 2.75) is 6.92 Å². The summed E-state index contributed by atoms with van der Waals surface area (Å²) >= 11 is 1.48. The van der Waals surface area contributed by atoms with E-state index in [1.807, 2.05) is 19.1 Å². The zero-order valence-corrected chi connectivity index (χ0v) is 18.1. The van der Waals surface area contributed by atoms with E-state index in [-0.39, 0.29) is 5.75 Å². The Bertz CT molecular complexity index is 1240. The number of likely N-dealkylation sites (N-methyl/N-ethyl adjacent to an activating group) is 1. The molecular weight excluding hydrogens is 412 g/mol. The zero-order chi connectivity index (χ0) is 21.4. The Morgan fingerprint density at radius 1 is 1.03 bits per heavy atom. The maximum atomic E-state index is 10.1. The summed E-state index contributed by atoms with van der Waals surface area (Å²) in [6.45, 7) is 5.78. The number of hydrogen-bond acceptors (Lipinski definition) is 10. The Labute approximate surface area is 183 Å². The number of fused-ring (bicyclic) bond motifs is 1. The normalized spacial score (nSPS) is 14.8. The number of pyridine rings is 2. The van der Waals surface area contributed by atoms with Crippen molar-refractivity contribution in [3.8, 4) is 16.3 Å². The number of hydrogen-bond donors (Lipinski definition) is 2. The summed E-state index contributed by atoms with van der Waals surface area (Å²) in [6, 6.07) is 5.55. The van der Waals surface area contributed by atoms with Gasteiger partial charge in [-0.15, -0.1) is 11.3 Å². The molecule has 0 atom stereocenters. The first-order valence-corrected chi connectivity index (χ1v) is 10.8. The Morgan fingerprint density at radius 2 is 1.87 bits per heavy atom. The highest BCUT2D eigenvalue weighted by Gasteiger charge is 2.18. The summed E-state index contributed by atoms with van der Waals surface area (Å²) in [7, 11) is 2.13. The topological polar surface area (TPSA) is 103 Å². The van der Waals surface area contributed by atoms with E-state index < -0.39 is 0 Å². The van der Waals surface area contributed by atoms with E-state index in [4.69, 9.17) is 4.98 Å². The minimum Gasteiger partial charge on any atom is -0.506 e. The Hall–Kier alpha value is -3.37. The van der Waals surface area contributed by atoms with Crippen LogP contribution in [0.25, 0.3) is 20.8 Å². The standard InChI is InChI=1S/C21H22N8OS/c1-13-9-19(27-21(24-13)29-7-5-28(2)6-8-29)26-18-10-15-17(12-23-18)31-20(25-15)14-3-4-22-11-16(14)30/h3-4,9-12,30H,5-8H2,1-2H3,(H,23,24,26,27). The molecule has 0 spiro atoms. The maximum absolute atomic E-state index is 10.1. The minimum absolute atomic E-state index is 0.112. The lowest BCUT2D eigenvalue weighted by molar-refractivity contribution is 0.311. The molecule has 4 aromatic rings. The molecule has 2 N–H and O–H groups in total. The third-order valence-corrected chi connectivity index (χ3v) is 6.23. The third kappa shape index (κ3) is 4.12. The average molecular weight is 435 g/mol. The van der Waals surface area contributed by atoms with Crippen molar-refractivity contribution in [3.05, 3.63) is 42.5 Å². The summed E-state index contributed by atoms with van der Waals surface area (Å²) in [6.07, 6.45) is 4.84. The first-order valence-electron chi connectivity index (χ1n) is 10.0. The Kier molecular flexibility index (Phi) is 5.08. The van der Waals surface area contributed by atoms with Crippen molar-refractivity contribution in [1.29, 1.82) is 0 Å². The molecular formula is C21H22N8OS. The molecule has 0 bridgehead atoms. The van der Waals surface area contributed by atoms with E-state index >= 15 is 0 Å². The maximum Gasteiger partial charge on any atom is 0.227 e. The molecule has 0 radical (unpaired) electrons. The van der Waals surface area contributed by atoms with E-state index in [0.717, 1.165) is 53.0 Å². The van der Waals surface area contributed by atoms with Crippen LogP contribution >= 0.6 is 11.3 Å². The van der Waals surface area contributed by atoms with Crippen LogP contribution < -0.4 is 10.2 Å². The van der Waals surface area contributed by atoms with E-state index in [9.17, 15) is 5.11 Å². The Balaban J connectivity index is 1.41. The van der Waals surface area contributed by atoms with Crippen molar-refractivity contribution in [3.63, 3.8) is 0 Å². The predicted octanol–water partition coefficient (Wildman–Crippen LogP) is 3.05. The molecule has 5 heterocycles. The number of aromatic nitrogens is 5. The fraction of sp³-hybridized carbons (Fsp3) is 0.286. The van der Waals surface area contributed by atoms with Gasteiger partial charge in [-0.25, -0.2) is 15.0 Å². The van der Waals surface area contributed by atoms with Gasteiger partial charge < -0.3 is 20.2 Å². The van der Waals surface area contributed by atoms with Crippen molar-refractivity contribution >= 4 is 39.1 Å². The highest BCUT2D eigenvalue weighted by atomic mass is 32.1. The lowest BCUT2D eigenvalue weighted by Crippen LogP contribution is -2.45. The van der Waals surface area contributed by atoms with E-state index in [0.29, 0.717) is 17.2 Å². The molecule has 1 saturated heterocycles. The lowest BCUT2D eigenvalue weighted by Gasteiger charge is -2.32. The van der Waals surface area contributed by atoms with Gasteiger partial charge in [0.25, 0.3) is 0 Å². The first-order chi connectivity index (χ1) is 15.0. The summed E-state index contributed by atoms with van der Waals surface area (Å²) in [4.78, 5) is 26.9. The molecule has 0 saturated carbocycles. The van der Waals surface area contributed by atoms with Crippen LogP contribution in [0.1, 0.15) is 5.69 Å². The van der Waals surface area contributed by atoms with E-state index in [1.165, 1.54) is 17.5 Å². The fourth-order valence-corrected chi connectivity index (χ4v) is 4.43. The van der Waals surface area contributed by atoms with Crippen LogP contribution in [0.15, 0.2) is 36.8 Å². The van der Waals surface area contributed by atoms with Gasteiger partial charge in [0.05, 0.1) is 22.0 Å². The number of nitrogens with one attached hydrogen (secondary N) is 1. The molecule has 0 aliphatic carbocycles. The second-order valence-electron chi connectivity index (χ2n) is 7.56. The number of thiazole rings is 1. The monoisotopic (exact) mass is 434 g/mol. The highest BCUT2D eigenvalue weighted by Crippen LogP contribution is 2.35. The molecule has 9 nitrogen and oxygen atoms in total. The summed E-state index contributed by atoms with van der Waals surface area (Å²) in [5, 5.41) is 14.1. The zero-order valence-electron chi connectivity index (χ0n) is 17.3. The van der Waals surface area contributed by atoms with Crippen molar-refractivity contribution in [2.75, 3.05) is 43.4 Å². The molecule has 0 aromatic carbocycles. The SMILES string of the molecule is Cc1cc(Nc2cc3nc(-c4ccncc4O)sc3cn2)nc(N2CCN(C)CC2)n1. The van der Waals surface area contributed by atoms with Crippen molar-refractivity contribution < 1.29 is 5.11 Å². The second-order valence-corrected chi connectivity index (χ2v) is 8.59. The molecule has 1 aliphatic rings. The van der Waals surface area contributed by atoms with E-state index in [2.05, 4.69) is 42.1 Å². The molecule has 0 unspecified atom stereocenters. The third-order valence-electron chi connectivity index (χ3n) is 5.19. The smallest absolute Gasteiger partial charge is 0.227 e. The van der Waals surface area contributed by atoms with Crippen molar-refractivity contribution in [2.24, 2.45) is 0 Å². The van der Waals surface area contributed by atoms with Gasteiger partial charge >= 0.3 is 0 Å². The van der Waals surface area contributed by atoms with Gasteiger partial charge in [-0.1, -0.05) is 0 Å². The molecule has 31 heavy (non-hydrogen) atoms. The van der Waals surface area contributed by atoms with Gasteiger partial charge in [0.1, 0.15) is 22.4 Å². The Morgan fingerprint density at radius 3 is 2.68 bits per heavy atom. The molecule has 158 valence electrons. The van der Waals surface area contributed by atoms with Crippen molar-refractivity contribution in [1.82, 2.24) is 29.8 Å². The summed E-state index contributed by atoms with van der Waals surface area (Å²) in [5.74, 6) is 2.21. The summed E-state index contributed by atoms with van der Waals surface area (Å²) < 4.78 is 0.939. The van der Waals surface area contributed by atoms with Gasteiger partial charge in [0.15, 0.2) is 0 Å². The predicted molar refractivity (Wildman–Crippen MR) is 122 cm³/mol. The molecule has 1 fully saturated rings. The first kappa shape index (κ1) is 19.6. The number of rotatable bonds is 4. The lowest BCUT2D eigenvalue weighted by atomic mass is 10.2. The van der Waals surface area contributed by atoms with Gasteiger partial charge in [0, 0.05) is 56.4 Å². The molecule has 1 aliphatic heterocycles. The van der Waals surface area contributed by atoms with Crippen LogP contribution in [-0.4, -0.2) is 68.2 Å². The molecule has 0 amide bonds. The minimum atomic E-state index is 0.112. The number of piperazine rings is 1. The van der Waals surface area contributed by atoms with Crippen LogP contribution in [0.5, 0.6) is 5.75 Å². The number of aryl methyl sites for hydroxylation is 1. The van der Waals surface area contributed by atoms with Gasteiger partial charge in [-0.05, 0) is 20.0 Å². The number of nitrogens with zero attached hydrogens (tertiary/aromatic N) is 7. The van der Waals surface area contributed by atoms with Crippen LogP contribution in [-0.2, 0) is 0 Å². The number of anilines is 3. The van der Waals surface area contributed by atoms with Crippen LogP contribution in [0.2, 0.25) is 0 Å².